The van der Waals surface area contributed by atoms with Crippen LogP contribution in [0.4, 0.5) is 5.69 Å². The minimum absolute atomic E-state index is 0.101. The zero-order valence-electron chi connectivity index (χ0n) is 15.8. The Morgan fingerprint density at radius 2 is 1.80 bits per heavy atom. The maximum absolute atomic E-state index is 12.5. The first-order chi connectivity index (χ1) is 14.5. The van der Waals surface area contributed by atoms with Gasteiger partial charge in [-0.15, -0.1) is 10.2 Å². The number of hydrogen-bond acceptors (Lipinski definition) is 5. The molecule has 0 saturated carbocycles. The quantitative estimate of drug-likeness (QED) is 0.365. The second-order valence-electron chi connectivity index (χ2n) is 6.39. The van der Waals surface area contributed by atoms with E-state index in [4.69, 9.17) is 27.6 Å². The molecular weight excluding hydrogens is 443 g/mol. The fraction of sp³-hybridized carbons (Fsp3) is 0.0952. The number of amides is 1. The lowest BCUT2D eigenvalue weighted by molar-refractivity contribution is -0.113. The summed E-state index contributed by atoms with van der Waals surface area (Å²) < 4.78 is 7.37. The molecule has 4 aromatic rings. The van der Waals surface area contributed by atoms with Gasteiger partial charge in [0.2, 0.25) is 11.7 Å². The summed E-state index contributed by atoms with van der Waals surface area (Å²) in [6.07, 6.45) is 1.58. The standard InChI is InChI=1S/C21H16Cl2N4O2S/c1-13-7-9-14(10-8-13)27-20(17-6-3-11-29-17)25-26-21(27)30-12-18(28)24-19-15(22)4-2-5-16(19)23/h2-11H,12H2,1H3,(H,24,28). The fourth-order valence-electron chi connectivity index (χ4n) is 2.78. The van der Waals surface area contributed by atoms with Gasteiger partial charge in [-0.1, -0.05) is 58.7 Å². The Kier molecular flexibility index (Phi) is 6.13. The van der Waals surface area contributed by atoms with Crippen LogP contribution in [0.25, 0.3) is 17.3 Å². The Morgan fingerprint density at radius 3 is 2.47 bits per heavy atom. The number of carbonyl (C=O) groups is 1. The molecule has 0 aliphatic rings. The number of para-hydroxylation sites is 1. The lowest BCUT2D eigenvalue weighted by atomic mass is 10.2. The number of anilines is 1. The number of rotatable bonds is 6. The first-order valence-electron chi connectivity index (χ1n) is 8.96. The second-order valence-corrected chi connectivity index (χ2v) is 8.14. The lowest BCUT2D eigenvalue weighted by Gasteiger charge is -2.11. The summed E-state index contributed by atoms with van der Waals surface area (Å²) in [5.74, 6) is 0.986. The van der Waals surface area contributed by atoms with E-state index in [1.165, 1.54) is 11.8 Å². The van der Waals surface area contributed by atoms with Crippen LogP contribution in [-0.2, 0) is 4.79 Å². The highest BCUT2D eigenvalue weighted by atomic mass is 35.5. The molecule has 2 aromatic heterocycles. The van der Waals surface area contributed by atoms with Crippen molar-refractivity contribution in [2.45, 2.75) is 12.1 Å². The third-order valence-corrected chi connectivity index (χ3v) is 5.79. The predicted octanol–water partition coefficient (Wildman–Crippen LogP) is 5.87. The number of thioether (sulfide) groups is 1. The average molecular weight is 459 g/mol. The molecule has 0 aliphatic carbocycles. The van der Waals surface area contributed by atoms with Crippen LogP contribution in [-0.4, -0.2) is 26.4 Å². The third-order valence-electron chi connectivity index (χ3n) is 4.23. The van der Waals surface area contributed by atoms with Crippen LogP contribution in [0, 0.1) is 6.92 Å². The van der Waals surface area contributed by atoms with Gasteiger partial charge in [0.1, 0.15) is 0 Å². The van der Waals surface area contributed by atoms with E-state index in [0.29, 0.717) is 32.5 Å². The Labute approximate surface area is 187 Å². The minimum Gasteiger partial charge on any atom is -0.461 e. The average Bonchev–Trinajstić information content (AvgIpc) is 3.39. The molecule has 0 radical (unpaired) electrons. The number of furan rings is 1. The number of nitrogens with zero attached hydrogens (tertiary/aromatic N) is 3. The molecule has 9 heteroatoms. The van der Waals surface area contributed by atoms with Gasteiger partial charge in [0.15, 0.2) is 10.9 Å². The Hall–Kier alpha value is -2.74. The Bertz CT molecular complexity index is 1150. The van der Waals surface area contributed by atoms with Gasteiger partial charge in [-0.2, -0.15) is 0 Å². The molecule has 0 saturated heterocycles. The number of halogens is 2. The monoisotopic (exact) mass is 458 g/mol. The van der Waals surface area contributed by atoms with Gasteiger partial charge in [-0.25, -0.2) is 0 Å². The molecule has 0 unspecified atom stereocenters. The van der Waals surface area contributed by atoms with Crippen LogP contribution in [0.2, 0.25) is 10.0 Å². The van der Waals surface area contributed by atoms with Gasteiger partial charge >= 0.3 is 0 Å². The van der Waals surface area contributed by atoms with Crippen molar-refractivity contribution in [2.24, 2.45) is 0 Å². The highest BCUT2D eigenvalue weighted by Crippen LogP contribution is 2.31. The number of aromatic nitrogens is 3. The topological polar surface area (TPSA) is 73.0 Å². The van der Waals surface area contributed by atoms with Gasteiger partial charge in [-0.3, -0.25) is 9.36 Å². The van der Waals surface area contributed by atoms with E-state index < -0.39 is 0 Å². The SMILES string of the molecule is Cc1ccc(-n2c(SCC(=O)Nc3c(Cl)cccc3Cl)nnc2-c2ccco2)cc1. The van der Waals surface area contributed by atoms with Gasteiger partial charge in [0.25, 0.3) is 0 Å². The Balaban J connectivity index is 1.58. The van der Waals surface area contributed by atoms with Crippen LogP contribution in [0.3, 0.4) is 0 Å². The predicted molar refractivity (Wildman–Crippen MR) is 120 cm³/mol. The zero-order chi connectivity index (χ0) is 21.1. The van der Waals surface area contributed by atoms with E-state index in [0.717, 1.165) is 11.3 Å². The molecule has 0 bridgehead atoms. The Morgan fingerprint density at radius 1 is 1.07 bits per heavy atom. The van der Waals surface area contributed by atoms with Crippen LogP contribution >= 0.6 is 35.0 Å². The number of aryl methyl sites for hydroxylation is 1. The molecule has 152 valence electrons. The van der Waals surface area contributed by atoms with Crippen molar-refractivity contribution in [3.05, 3.63) is 76.5 Å². The summed E-state index contributed by atoms with van der Waals surface area (Å²) in [5.41, 5.74) is 2.40. The molecule has 2 aromatic carbocycles. The highest BCUT2D eigenvalue weighted by molar-refractivity contribution is 7.99. The van der Waals surface area contributed by atoms with Gasteiger partial charge in [-0.05, 0) is 43.3 Å². The number of nitrogens with one attached hydrogen (secondary N) is 1. The van der Waals surface area contributed by atoms with Crippen molar-refractivity contribution in [2.75, 3.05) is 11.1 Å². The first kappa shape index (κ1) is 20.5. The second kappa shape index (κ2) is 8.95. The molecular formula is C21H16Cl2N4O2S. The van der Waals surface area contributed by atoms with Crippen molar-refractivity contribution >= 4 is 46.6 Å². The van der Waals surface area contributed by atoms with Crippen LogP contribution in [0.1, 0.15) is 5.56 Å². The zero-order valence-corrected chi connectivity index (χ0v) is 18.1. The summed E-state index contributed by atoms with van der Waals surface area (Å²) in [6.45, 7) is 2.02. The highest BCUT2D eigenvalue weighted by Gasteiger charge is 2.19. The molecule has 0 atom stereocenters. The van der Waals surface area contributed by atoms with Gasteiger partial charge in [0, 0.05) is 5.69 Å². The maximum atomic E-state index is 12.5. The summed E-state index contributed by atoms with van der Waals surface area (Å²) >= 11 is 13.5. The van der Waals surface area contributed by atoms with E-state index in [2.05, 4.69) is 15.5 Å². The summed E-state index contributed by atoms with van der Waals surface area (Å²) in [6, 6.07) is 16.6. The fourth-order valence-corrected chi connectivity index (χ4v) is 4.02. The van der Waals surface area contributed by atoms with Crippen molar-refractivity contribution < 1.29 is 9.21 Å². The molecule has 2 heterocycles. The molecule has 4 rings (SSSR count). The smallest absolute Gasteiger partial charge is 0.234 e. The van der Waals surface area contributed by atoms with Crippen LogP contribution in [0.15, 0.2) is 70.4 Å². The van der Waals surface area contributed by atoms with Crippen LogP contribution < -0.4 is 5.32 Å². The van der Waals surface area contributed by atoms with Crippen molar-refractivity contribution in [3.8, 4) is 17.3 Å². The molecule has 0 aliphatic heterocycles. The van der Waals surface area contributed by atoms with Crippen LogP contribution in [0.5, 0.6) is 0 Å². The molecule has 6 nitrogen and oxygen atoms in total. The van der Waals surface area contributed by atoms with Crippen molar-refractivity contribution in [3.63, 3.8) is 0 Å². The minimum atomic E-state index is -0.256. The van der Waals surface area contributed by atoms with E-state index in [1.54, 1.807) is 30.5 Å². The molecule has 30 heavy (non-hydrogen) atoms. The third kappa shape index (κ3) is 4.38. The number of carbonyl (C=O) groups excluding carboxylic acids is 1. The maximum Gasteiger partial charge on any atom is 0.234 e. The summed E-state index contributed by atoms with van der Waals surface area (Å²) in [5, 5.41) is 12.6. The summed E-state index contributed by atoms with van der Waals surface area (Å²) in [4.78, 5) is 12.5. The summed E-state index contributed by atoms with van der Waals surface area (Å²) in [7, 11) is 0. The molecule has 0 spiro atoms. The molecule has 1 amide bonds. The van der Waals surface area contributed by atoms with E-state index in [9.17, 15) is 4.79 Å². The van der Waals surface area contributed by atoms with Crippen molar-refractivity contribution in [1.29, 1.82) is 0 Å². The van der Waals surface area contributed by atoms with E-state index in [1.807, 2.05) is 41.8 Å². The molecule has 0 fully saturated rings. The number of hydrogen-bond donors (Lipinski definition) is 1. The molecule has 1 N–H and O–H groups in total. The normalized spacial score (nSPS) is 10.9. The lowest BCUT2D eigenvalue weighted by Crippen LogP contribution is -2.15. The van der Waals surface area contributed by atoms with Gasteiger partial charge in [0.05, 0.1) is 27.7 Å². The van der Waals surface area contributed by atoms with E-state index in [-0.39, 0.29) is 11.7 Å². The van der Waals surface area contributed by atoms with Crippen molar-refractivity contribution in [1.82, 2.24) is 14.8 Å². The first-order valence-corrected chi connectivity index (χ1v) is 10.7. The van der Waals surface area contributed by atoms with Gasteiger partial charge < -0.3 is 9.73 Å². The number of benzene rings is 2. The van der Waals surface area contributed by atoms with E-state index >= 15 is 0 Å². The largest absolute Gasteiger partial charge is 0.461 e.